The van der Waals surface area contributed by atoms with Crippen molar-refractivity contribution < 1.29 is 14.0 Å². The molecule has 45 heavy (non-hydrogen) atoms. The van der Waals surface area contributed by atoms with Crippen LogP contribution in [0.3, 0.4) is 0 Å². The molecule has 0 radical (unpaired) electrons. The lowest BCUT2D eigenvalue weighted by Crippen LogP contribution is -2.45. The highest BCUT2D eigenvalue weighted by molar-refractivity contribution is 8.01. The summed E-state index contributed by atoms with van der Waals surface area (Å²) in [5.41, 5.74) is 2.94. The molecule has 0 aliphatic carbocycles. The van der Waals surface area contributed by atoms with Gasteiger partial charge in [-0.2, -0.15) is 0 Å². The third kappa shape index (κ3) is 6.77. The molecule has 1 aromatic carbocycles. The summed E-state index contributed by atoms with van der Waals surface area (Å²) in [5.74, 6) is -0.426. The second-order valence-electron chi connectivity index (χ2n) is 13.8. The van der Waals surface area contributed by atoms with Crippen LogP contribution < -0.4 is 10.6 Å². The summed E-state index contributed by atoms with van der Waals surface area (Å²) in [6, 6.07) is 8.61. The number of imidazole rings is 1. The second-order valence-corrected chi connectivity index (χ2v) is 15.1. The number of carbonyl (C=O) groups is 2. The van der Waals surface area contributed by atoms with Gasteiger partial charge in [-0.15, -0.1) is 11.8 Å². The van der Waals surface area contributed by atoms with Gasteiger partial charge in [-0.05, 0) is 62.1 Å². The van der Waals surface area contributed by atoms with Crippen molar-refractivity contribution in [2.75, 3.05) is 57.8 Å². The van der Waals surface area contributed by atoms with E-state index in [0.29, 0.717) is 38.1 Å². The lowest BCUT2D eigenvalue weighted by atomic mass is 9.92. The van der Waals surface area contributed by atoms with E-state index in [1.165, 1.54) is 17.8 Å². The molecule has 0 spiro atoms. The maximum Gasteiger partial charge on any atom is 0.327 e. The molecule has 242 valence electrons. The number of hydrogen-bond acceptors (Lipinski definition) is 7. The highest BCUT2D eigenvalue weighted by Gasteiger charge is 2.44. The molecular formula is C33H44FN7O3S. The number of likely N-dealkylation sites (N-methyl/N-ethyl adjacent to an activating group) is 1. The quantitative estimate of drug-likeness (QED) is 0.414. The van der Waals surface area contributed by atoms with Crippen molar-refractivity contribution in [2.45, 2.75) is 63.1 Å². The number of benzene rings is 1. The fraction of sp³-hybridized carbons (Fsp3) is 0.576. The Bertz CT molecular complexity index is 1600. The first-order chi connectivity index (χ1) is 21.5. The van der Waals surface area contributed by atoms with Crippen molar-refractivity contribution in [3.8, 4) is 0 Å². The maximum atomic E-state index is 14.8. The second kappa shape index (κ2) is 12.8. The average molecular weight is 638 g/mol. The number of nitrogens with zero attached hydrogens (tertiary/aromatic N) is 6. The molecule has 2 amide bonds. The number of amides is 2. The van der Waals surface area contributed by atoms with Crippen LogP contribution in [-0.4, -0.2) is 99.2 Å². The Morgan fingerprint density at radius 3 is 2.51 bits per heavy atom. The molecule has 3 aliphatic heterocycles. The van der Waals surface area contributed by atoms with Crippen LogP contribution in [0.1, 0.15) is 63.4 Å². The number of piperidine rings is 1. The van der Waals surface area contributed by atoms with Crippen molar-refractivity contribution in [3.63, 3.8) is 0 Å². The van der Waals surface area contributed by atoms with Gasteiger partial charge in [0.1, 0.15) is 11.2 Å². The number of likely N-dealkylation sites (tertiary alicyclic amines) is 1. The number of pyridine rings is 1. The SMILES string of the molecule is CN1CCN(c2ccc(F)cc2[C@@H]2S[C@@H](CC(=O)N3CCC(n4c(=O)[nH]c5ncccc54)CC3)C(=O)N2CCC(C)(C)C)CC1. The third-order valence-corrected chi connectivity index (χ3v) is 10.8. The minimum Gasteiger partial charge on any atom is -0.369 e. The van der Waals surface area contributed by atoms with Gasteiger partial charge in [0.2, 0.25) is 11.8 Å². The Kier molecular flexibility index (Phi) is 8.98. The normalized spacial score (nSPS) is 22.2. The van der Waals surface area contributed by atoms with Crippen LogP contribution in [0.15, 0.2) is 41.3 Å². The van der Waals surface area contributed by atoms with Gasteiger partial charge in [-0.1, -0.05) is 20.8 Å². The molecule has 0 bridgehead atoms. The summed E-state index contributed by atoms with van der Waals surface area (Å²) in [4.78, 5) is 55.7. The molecule has 3 aromatic rings. The van der Waals surface area contributed by atoms with Crippen LogP contribution in [0.5, 0.6) is 0 Å². The van der Waals surface area contributed by atoms with E-state index in [2.05, 4.69) is 47.6 Å². The van der Waals surface area contributed by atoms with E-state index in [0.717, 1.165) is 49.4 Å². The van der Waals surface area contributed by atoms with Gasteiger partial charge in [-0.3, -0.25) is 19.1 Å². The topological polar surface area (TPSA) is 97.8 Å². The largest absolute Gasteiger partial charge is 0.369 e. The summed E-state index contributed by atoms with van der Waals surface area (Å²) >= 11 is 1.48. The number of thioether (sulfide) groups is 1. The summed E-state index contributed by atoms with van der Waals surface area (Å²) < 4.78 is 16.6. The summed E-state index contributed by atoms with van der Waals surface area (Å²) in [7, 11) is 2.10. The number of aromatic nitrogens is 3. The molecular weight excluding hydrogens is 593 g/mol. The molecule has 2 atom stereocenters. The zero-order valence-electron chi connectivity index (χ0n) is 26.7. The van der Waals surface area contributed by atoms with Crippen molar-refractivity contribution in [1.82, 2.24) is 29.2 Å². The average Bonchev–Trinajstić information content (AvgIpc) is 3.51. The number of anilines is 1. The number of H-pyrrole nitrogens is 1. The number of aromatic amines is 1. The summed E-state index contributed by atoms with van der Waals surface area (Å²) in [5, 5.41) is -0.901. The van der Waals surface area contributed by atoms with E-state index < -0.39 is 5.25 Å². The minimum atomic E-state index is -0.536. The van der Waals surface area contributed by atoms with Gasteiger partial charge in [0, 0.05) is 75.7 Å². The van der Waals surface area contributed by atoms with Crippen LogP contribution in [0.2, 0.25) is 0 Å². The van der Waals surface area contributed by atoms with Crippen LogP contribution in [0.4, 0.5) is 10.1 Å². The highest BCUT2D eigenvalue weighted by Crippen LogP contribution is 2.48. The number of hydrogen-bond donors (Lipinski definition) is 1. The number of nitrogens with one attached hydrogen (secondary N) is 1. The number of piperazine rings is 1. The first kappa shape index (κ1) is 31.6. The zero-order chi connectivity index (χ0) is 31.9. The van der Waals surface area contributed by atoms with E-state index in [-0.39, 0.29) is 46.6 Å². The molecule has 2 aromatic heterocycles. The van der Waals surface area contributed by atoms with Crippen LogP contribution in [0, 0.1) is 11.2 Å². The highest BCUT2D eigenvalue weighted by atomic mass is 32.2. The number of fused-ring (bicyclic) bond motifs is 1. The monoisotopic (exact) mass is 637 g/mol. The molecule has 3 saturated heterocycles. The Hall–Kier alpha value is -3.38. The van der Waals surface area contributed by atoms with Crippen LogP contribution >= 0.6 is 11.8 Å². The minimum absolute atomic E-state index is 0.0127. The van der Waals surface area contributed by atoms with E-state index in [9.17, 15) is 18.8 Å². The lowest BCUT2D eigenvalue weighted by Gasteiger charge is -2.37. The van der Waals surface area contributed by atoms with E-state index in [1.54, 1.807) is 16.8 Å². The van der Waals surface area contributed by atoms with Crippen LogP contribution in [0.25, 0.3) is 11.2 Å². The Morgan fingerprint density at radius 1 is 1.07 bits per heavy atom. The summed E-state index contributed by atoms with van der Waals surface area (Å²) in [6.45, 7) is 11.5. The van der Waals surface area contributed by atoms with Crippen molar-refractivity contribution in [2.24, 2.45) is 5.41 Å². The Morgan fingerprint density at radius 2 is 1.80 bits per heavy atom. The molecule has 10 nitrogen and oxygen atoms in total. The standard InChI is InChI=1S/C33H44FN7O3S/c1-33(2,3)11-15-40-30(43)27(45-31(40)24-20-22(34)7-8-25(24)38-18-16-37(4)17-19-38)21-28(42)39-13-9-23(10-14-39)41-26-6-5-12-35-29(26)36-32(41)44/h5-8,12,20,23,27,31H,9-11,13-19,21H2,1-4H3,(H,35,36,44)/t27-,31-/m0/s1. The third-order valence-electron chi connectivity index (χ3n) is 9.37. The number of halogens is 1. The Labute approximate surface area is 267 Å². The first-order valence-corrected chi connectivity index (χ1v) is 16.9. The zero-order valence-corrected chi connectivity index (χ0v) is 27.5. The smallest absolute Gasteiger partial charge is 0.327 e. The predicted octanol–water partition coefficient (Wildman–Crippen LogP) is 4.25. The molecule has 1 N–H and O–H groups in total. The Balaban J connectivity index is 1.18. The van der Waals surface area contributed by atoms with Crippen molar-refractivity contribution in [1.29, 1.82) is 0 Å². The fourth-order valence-corrected chi connectivity index (χ4v) is 8.18. The van der Waals surface area contributed by atoms with E-state index in [1.807, 2.05) is 28.0 Å². The van der Waals surface area contributed by atoms with Crippen molar-refractivity contribution >= 4 is 40.4 Å². The molecule has 5 heterocycles. The van der Waals surface area contributed by atoms with Gasteiger partial charge >= 0.3 is 5.69 Å². The van der Waals surface area contributed by atoms with Crippen LogP contribution in [-0.2, 0) is 9.59 Å². The molecule has 6 rings (SSSR count). The van der Waals surface area contributed by atoms with Crippen molar-refractivity contribution in [3.05, 3.63) is 58.4 Å². The van der Waals surface area contributed by atoms with Gasteiger partial charge in [0.15, 0.2) is 5.65 Å². The molecule has 0 saturated carbocycles. The maximum absolute atomic E-state index is 14.8. The number of rotatable bonds is 7. The van der Waals surface area contributed by atoms with E-state index >= 15 is 0 Å². The molecule has 3 fully saturated rings. The predicted molar refractivity (Wildman–Crippen MR) is 176 cm³/mol. The lowest BCUT2D eigenvalue weighted by molar-refractivity contribution is -0.136. The summed E-state index contributed by atoms with van der Waals surface area (Å²) in [6.07, 6.45) is 3.86. The van der Waals surface area contributed by atoms with E-state index in [4.69, 9.17) is 0 Å². The van der Waals surface area contributed by atoms with Gasteiger partial charge in [0.05, 0.1) is 10.8 Å². The first-order valence-electron chi connectivity index (χ1n) is 16.0. The number of carbonyl (C=O) groups excluding carboxylic acids is 2. The molecule has 3 aliphatic rings. The van der Waals surface area contributed by atoms with Gasteiger partial charge < -0.3 is 19.6 Å². The van der Waals surface area contributed by atoms with Gasteiger partial charge in [0.25, 0.3) is 0 Å². The molecule has 0 unspecified atom stereocenters. The van der Waals surface area contributed by atoms with Gasteiger partial charge in [-0.25, -0.2) is 14.2 Å². The fourth-order valence-electron chi connectivity index (χ4n) is 6.69. The molecule has 12 heteroatoms.